The van der Waals surface area contributed by atoms with Gasteiger partial charge in [-0.15, -0.1) is 0 Å². The zero-order valence-electron chi connectivity index (χ0n) is 15.5. The van der Waals surface area contributed by atoms with Gasteiger partial charge < -0.3 is 5.32 Å². The molecule has 0 fully saturated rings. The van der Waals surface area contributed by atoms with Crippen molar-refractivity contribution < 1.29 is 4.79 Å². The molecule has 0 saturated carbocycles. The number of hydrogen-bond donors (Lipinski definition) is 1. The number of fused-ring (bicyclic) bond motifs is 1. The average molecular weight is 382 g/mol. The summed E-state index contributed by atoms with van der Waals surface area (Å²) in [4.78, 5) is 29.9. The van der Waals surface area contributed by atoms with E-state index in [-0.39, 0.29) is 23.3 Å². The van der Waals surface area contributed by atoms with Crippen LogP contribution >= 0.6 is 11.8 Å². The van der Waals surface area contributed by atoms with Gasteiger partial charge in [0.2, 0.25) is 5.91 Å². The van der Waals surface area contributed by atoms with Gasteiger partial charge in [0.05, 0.1) is 22.7 Å². The summed E-state index contributed by atoms with van der Waals surface area (Å²) in [6.07, 6.45) is 0.889. The molecule has 0 spiro atoms. The van der Waals surface area contributed by atoms with Crippen molar-refractivity contribution in [1.29, 1.82) is 0 Å². The van der Waals surface area contributed by atoms with Crippen LogP contribution in [0.4, 0.5) is 0 Å². The molecule has 3 rings (SSSR count). The van der Waals surface area contributed by atoms with E-state index in [4.69, 9.17) is 0 Å². The molecule has 1 atom stereocenters. The molecule has 1 N–H and O–H groups in total. The summed E-state index contributed by atoms with van der Waals surface area (Å²) in [5.74, 6) is 0.176. The monoisotopic (exact) mass is 381 g/mol. The predicted octanol–water partition coefficient (Wildman–Crippen LogP) is 3.62. The van der Waals surface area contributed by atoms with Gasteiger partial charge in [0.25, 0.3) is 5.56 Å². The normalized spacial score (nSPS) is 12.1. The lowest BCUT2D eigenvalue weighted by molar-refractivity contribution is -0.118. The Bertz CT molecular complexity index is 986. The van der Waals surface area contributed by atoms with E-state index in [1.54, 1.807) is 10.6 Å². The maximum absolute atomic E-state index is 13.2. The summed E-state index contributed by atoms with van der Waals surface area (Å²) in [7, 11) is 0. The van der Waals surface area contributed by atoms with Crippen LogP contribution in [0, 0.1) is 0 Å². The smallest absolute Gasteiger partial charge is 0.262 e. The molecule has 0 radical (unpaired) electrons. The summed E-state index contributed by atoms with van der Waals surface area (Å²) in [6, 6.07) is 17.0. The van der Waals surface area contributed by atoms with Crippen LogP contribution < -0.4 is 10.9 Å². The number of carbonyl (C=O) groups excluding carboxylic acids is 1. The van der Waals surface area contributed by atoms with Gasteiger partial charge in [-0.05, 0) is 31.0 Å². The van der Waals surface area contributed by atoms with Crippen molar-refractivity contribution in [3.63, 3.8) is 0 Å². The zero-order chi connectivity index (χ0) is 19.2. The van der Waals surface area contributed by atoms with Crippen molar-refractivity contribution in [3.05, 3.63) is 70.5 Å². The lowest BCUT2D eigenvalue weighted by Gasteiger charge is -2.20. The third-order valence-corrected chi connectivity index (χ3v) is 5.30. The highest BCUT2D eigenvalue weighted by Gasteiger charge is 2.18. The molecule has 140 valence electrons. The van der Waals surface area contributed by atoms with E-state index in [1.165, 1.54) is 11.8 Å². The third-order valence-electron chi connectivity index (χ3n) is 4.35. The van der Waals surface area contributed by atoms with Crippen molar-refractivity contribution in [3.8, 4) is 0 Å². The molecule has 3 aromatic rings. The van der Waals surface area contributed by atoms with E-state index in [1.807, 2.05) is 62.4 Å². The number of nitrogens with one attached hydrogen (secondary N) is 1. The van der Waals surface area contributed by atoms with Crippen molar-refractivity contribution in [2.45, 2.75) is 31.5 Å². The summed E-state index contributed by atoms with van der Waals surface area (Å²) in [5.41, 5.74) is 1.58. The quantitative estimate of drug-likeness (QED) is 0.501. The molecule has 2 aromatic carbocycles. The van der Waals surface area contributed by atoms with Gasteiger partial charge >= 0.3 is 0 Å². The Morgan fingerprint density at radius 3 is 2.59 bits per heavy atom. The number of benzene rings is 2. The molecular formula is C21H23N3O2S. The summed E-state index contributed by atoms with van der Waals surface area (Å²) < 4.78 is 1.69. The third kappa shape index (κ3) is 4.39. The van der Waals surface area contributed by atoms with Crippen LogP contribution in [0.3, 0.4) is 0 Å². The van der Waals surface area contributed by atoms with E-state index < -0.39 is 0 Å². The lowest BCUT2D eigenvalue weighted by atomic mass is 10.1. The SMILES string of the molecule is CCCNC(=O)CSc1nc2ccccc2c(=O)n1[C@H](C)c1ccccc1. The fourth-order valence-corrected chi connectivity index (χ4v) is 3.80. The molecule has 0 aliphatic heterocycles. The van der Waals surface area contributed by atoms with Crippen molar-refractivity contribution in [1.82, 2.24) is 14.9 Å². The summed E-state index contributed by atoms with van der Waals surface area (Å²) in [5, 5.41) is 4.00. The second-order valence-electron chi connectivity index (χ2n) is 6.31. The molecule has 5 nitrogen and oxygen atoms in total. The highest BCUT2D eigenvalue weighted by atomic mass is 32.2. The Kier molecular flexibility index (Phi) is 6.29. The van der Waals surface area contributed by atoms with Gasteiger partial charge in [0.15, 0.2) is 5.16 Å². The van der Waals surface area contributed by atoms with Gasteiger partial charge in [-0.1, -0.05) is 61.2 Å². The largest absolute Gasteiger partial charge is 0.355 e. The first-order valence-corrected chi connectivity index (χ1v) is 10.1. The summed E-state index contributed by atoms with van der Waals surface area (Å²) in [6.45, 7) is 4.64. The van der Waals surface area contributed by atoms with E-state index >= 15 is 0 Å². The van der Waals surface area contributed by atoms with Crippen LogP contribution in [-0.4, -0.2) is 27.8 Å². The second kappa shape index (κ2) is 8.86. The minimum Gasteiger partial charge on any atom is -0.355 e. The number of rotatable bonds is 7. The van der Waals surface area contributed by atoms with E-state index in [2.05, 4.69) is 10.3 Å². The number of hydrogen-bond acceptors (Lipinski definition) is 4. The maximum Gasteiger partial charge on any atom is 0.262 e. The molecule has 1 amide bonds. The number of aromatic nitrogens is 2. The van der Waals surface area contributed by atoms with Gasteiger partial charge in [-0.2, -0.15) is 0 Å². The Hall–Kier alpha value is -2.60. The Labute approximate surface area is 162 Å². The predicted molar refractivity (Wildman–Crippen MR) is 110 cm³/mol. The lowest BCUT2D eigenvalue weighted by Crippen LogP contribution is -2.29. The van der Waals surface area contributed by atoms with E-state index in [9.17, 15) is 9.59 Å². The number of amides is 1. The summed E-state index contributed by atoms with van der Waals surface area (Å²) >= 11 is 1.30. The molecule has 0 aliphatic carbocycles. The van der Waals surface area contributed by atoms with Gasteiger partial charge in [-0.3, -0.25) is 14.2 Å². The number of thioether (sulfide) groups is 1. The topological polar surface area (TPSA) is 64.0 Å². The molecule has 0 saturated heterocycles. The van der Waals surface area contributed by atoms with Crippen molar-refractivity contribution >= 4 is 28.6 Å². The van der Waals surface area contributed by atoms with Crippen molar-refractivity contribution in [2.24, 2.45) is 0 Å². The van der Waals surface area contributed by atoms with Crippen LogP contribution in [0.5, 0.6) is 0 Å². The second-order valence-corrected chi connectivity index (χ2v) is 7.25. The van der Waals surface area contributed by atoms with E-state index in [0.717, 1.165) is 12.0 Å². The molecular weight excluding hydrogens is 358 g/mol. The van der Waals surface area contributed by atoms with Gasteiger partial charge in [0, 0.05) is 6.54 Å². The Morgan fingerprint density at radius 2 is 1.85 bits per heavy atom. The van der Waals surface area contributed by atoms with Crippen molar-refractivity contribution in [2.75, 3.05) is 12.3 Å². The minimum absolute atomic E-state index is 0.0526. The number of para-hydroxylation sites is 1. The molecule has 27 heavy (non-hydrogen) atoms. The number of nitrogens with zero attached hydrogens (tertiary/aromatic N) is 2. The first-order valence-electron chi connectivity index (χ1n) is 9.07. The highest BCUT2D eigenvalue weighted by molar-refractivity contribution is 7.99. The Morgan fingerprint density at radius 1 is 1.15 bits per heavy atom. The fraction of sp³-hybridized carbons (Fsp3) is 0.286. The zero-order valence-corrected chi connectivity index (χ0v) is 16.3. The van der Waals surface area contributed by atoms with Crippen LogP contribution in [-0.2, 0) is 4.79 Å². The fourth-order valence-electron chi connectivity index (χ4n) is 2.90. The first kappa shape index (κ1) is 19.2. The molecule has 0 unspecified atom stereocenters. The van der Waals surface area contributed by atoms with Crippen LogP contribution in [0.1, 0.15) is 31.9 Å². The standard InChI is InChI=1S/C21H23N3O2S/c1-3-13-22-19(25)14-27-21-23-18-12-8-7-11-17(18)20(26)24(21)15(2)16-9-5-4-6-10-16/h4-12,15H,3,13-14H2,1-2H3,(H,22,25)/t15-/m1/s1. The van der Waals surface area contributed by atoms with Crippen LogP contribution in [0.15, 0.2) is 64.5 Å². The molecule has 1 aromatic heterocycles. The molecule has 1 heterocycles. The van der Waals surface area contributed by atoms with Gasteiger partial charge in [0.1, 0.15) is 0 Å². The number of carbonyl (C=O) groups is 1. The molecule has 6 heteroatoms. The van der Waals surface area contributed by atoms with Crippen LogP contribution in [0.2, 0.25) is 0 Å². The van der Waals surface area contributed by atoms with Gasteiger partial charge in [-0.25, -0.2) is 4.98 Å². The molecule has 0 aliphatic rings. The highest BCUT2D eigenvalue weighted by Crippen LogP contribution is 2.24. The minimum atomic E-state index is -0.183. The molecule has 0 bridgehead atoms. The Balaban J connectivity index is 2.02. The van der Waals surface area contributed by atoms with Crippen LogP contribution in [0.25, 0.3) is 10.9 Å². The first-order chi connectivity index (χ1) is 13.1. The average Bonchev–Trinajstić information content (AvgIpc) is 2.71. The van der Waals surface area contributed by atoms with E-state index in [0.29, 0.717) is 22.6 Å². The maximum atomic E-state index is 13.2.